The van der Waals surface area contributed by atoms with Gasteiger partial charge in [-0.25, -0.2) is 9.59 Å². The van der Waals surface area contributed by atoms with Crippen LogP contribution in [0, 0.1) is 24.7 Å². The molecule has 0 unspecified atom stereocenters. The van der Waals surface area contributed by atoms with Crippen molar-refractivity contribution in [3.8, 4) is 0 Å². The highest BCUT2D eigenvalue weighted by Crippen LogP contribution is 2.34. The first-order valence-electron chi connectivity index (χ1n) is 15.0. The van der Waals surface area contributed by atoms with Crippen molar-refractivity contribution in [2.75, 3.05) is 24.1 Å². The highest BCUT2D eigenvalue weighted by Gasteiger charge is 2.45. The maximum atomic E-state index is 13.1. The van der Waals surface area contributed by atoms with E-state index in [1.807, 2.05) is 60.7 Å². The summed E-state index contributed by atoms with van der Waals surface area (Å²) in [7, 11) is 0. The summed E-state index contributed by atoms with van der Waals surface area (Å²) in [5.74, 6) is 0.875. The van der Waals surface area contributed by atoms with E-state index in [-0.39, 0.29) is 19.2 Å². The molecule has 43 heavy (non-hydrogen) atoms. The van der Waals surface area contributed by atoms with Crippen molar-refractivity contribution in [2.45, 2.75) is 65.9 Å². The number of hydrazine groups is 1. The summed E-state index contributed by atoms with van der Waals surface area (Å²) in [5, 5.41) is 1.89. The van der Waals surface area contributed by atoms with Gasteiger partial charge in [-0.3, -0.25) is 0 Å². The zero-order valence-corrected chi connectivity index (χ0v) is 27.9. The van der Waals surface area contributed by atoms with Gasteiger partial charge in [-0.05, 0) is 91.1 Å². The molecule has 0 amide bonds. The van der Waals surface area contributed by atoms with E-state index in [1.165, 1.54) is 5.56 Å². The molecular formula is C35H43IN2O5. The van der Waals surface area contributed by atoms with Crippen LogP contribution in [0.25, 0.3) is 10.8 Å². The van der Waals surface area contributed by atoms with Gasteiger partial charge in [0.15, 0.2) is 5.60 Å². The Morgan fingerprint density at radius 3 is 2.23 bits per heavy atom. The van der Waals surface area contributed by atoms with Gasteiger partial charge in [0.1, 0.15) is 36.2 Å². The van der Waals surface area contributed by atoms with E-state index in [4.69, 9.17) is 12.5 Å². The molecule has 1 fully saturated rings. The van der Waals surface area contributed by atoms with Crippen molar-refractivity contribution in [1.82, 2.24) is 0 Å². The van der Waals surface area contributed by atoms with E-state index in [0.717, 1.165) is 41.4 Å². The van der Waals surface area contributed by atoms with Crippen LogP contribution < -0.4 is 10.9 Å². The average molecular weight is 699 g/mol. The minimum Gasteiger partial charge on any atom is -0.458 e. The summed E-state index contributed by atoms with van der Waals surface area (Å²) in [6, 6.07) is 19.5. The summed E-state index contributed by atoms with van der Waals surface area (Å²) in [4.78, 5) is 25.9. The van der Waals surface area contributed by atoms with Gasteiger partial charge in [0.05, 0.1) is 16.9 Å². The Kier molecular flexibility index (Phi) is 11.5. The molecule has 0 aliphatic carbocycles. The van der Waals surface area contributed by atoms with Crippen LogP contribution in [0.15, 0.2) is 72.3 Å². The highest BCUT2D eigenvalue weighted by molar-refractivity contribution is 14.1. The Labute approximate surface area is 269 Å². The average Bonchev–Trinajstić information content (AvgIpc) is 3.28. The third kappa shape index (κ3) is 9.44. The molecule has 4 rings (SSSR count). The second-order valence-electron chi connectivity index (χ2n) is 12.6. The topological polar surface area (TPSA) is 85.9 Å². The molecule has 7 nitrogen and oxygen atoms in total. The predicted molar refractivity (Wildman–Crippen MR) is 181 cm³/mol. The Morgan fingerprint density at radius 1 is 0.930 bits per heavy atom. The quantitative estimate of drug-likeness (QED) is 0.0754. The summed E-state index contributed by atoms with van der Waals surface area (Å²) in [6.07, 6.45) is 5.44. The second-order valence-corrected chi connectivity index (χ2v) is 13.2. The maximum Gasteiger partial charge on any atom is 0.338 e. The van der Waals surface area contributed by atoms with Crippen molar-refractivity contribution in [1.29, 1.82) is 0 Å². The lowest BCUT2D eigenvalue weighted by Gasteiger charge is -2.25. The molecule has 0 bridgehead atoms. The zero-order valence-electron chi connectivity index (χ0n) is 25.7. The lowest BCUT2D eigenvalue weighted by atomic mass is 9.86. The monoisotopic (exact) mass is 698 g/mol. The van der Waals surface area contributed by atoms with E-state index in [1.54, 1.807) is 29.1 Å². The Hall–Kier alpha value is -3.11. The van der Waals surface area contributed by atoms with Gasteiger partial charge in [-0.2, -0.15) is 0 Å². The summed E-state index contributed by atoms with van der Waals surface area (Å²) >= 11 is 1.79. The van der Waals surface area contributed by atoms with Gasteiger partial charge < -0.3 is 23.4 Å². The number of anilines is 2. The van der Waals surface area contributed by atoms with Gasteiger partial charge in [0.25, 0.3) is 0 Å². The molecule has 0 aromatic heterocycles. The van der Waals surface area contributed by atoms with Crippen LogP contribution in [-0.2, 0) is 17.3 Å². The number of nitrogens with one attached hydrogen (secondary N) is 2. The predicted octanol–water partition coefficient (Wildman–Crippen LogP) is 8.82. The van der Waals surface area contributed by atoms with Crippen LogP contribution in [-0.4, -0.2) is 30.8 Å². The summed E-state index contributed by atoms with van der Waals surface area (Å²) in [5.41, 5.74) is 9.51. The fraction of sp³-hybridized carbons (Fsp3) is 0.429. The van der Waals surface area contributed by atoms with E-state index in [9.17, 15) is 9.59 Å². The number of cyclic esters (lactones) is 1. The van der Waals surface area contributed by atoms with Crippen molar-refractivity contribution in [3.63, 3.8) is 0 Å². The SMILES string of the molecule is Cc1ccc(NNc2ccc3cc(C(=O)OC[C@]4(COI)C/C(=C\CC(CC(C)C)CC(C)C)C(=O)O4)ccc3c2)cc1. The van der Waals surface area contributed by atoms with Crippen LogP contribution in [0.1, 0.15) is 69.3 Å². The Morgan fingerprint density at radius 2 is 1.56 bits per heavy atom. The molecule has 1 heterocycles. The van der Waals surface area contributed by atoms with Gasteiger partial charge >= 0.3 is 11.9 Å². The Balaban J connectivity index is 1.38. The highest BCUT2D eigenvalue weighted by atomic mass is 127. The minimum absolute atomic E-state index is 0.0785. The number of esters is 2. The van der Waals surface area contributed by atoms with Gasteiger partial charge in [0.2, 0.25) is 0 Å². The number of halogens is 1. The van der Waals surface area contributed by atoms with Gasteiger partial charge in [-0.1, -0.05) is 63.6 Å². The first-order chi connectivity index (χ1) is 20.6. The number of aryl methyl sites for hydroxylation is 1. The molecule has 3 aromatic rings. The number of carbonyl (C=O) groups is 2. The molecule has 1 aliphatic heterocycles. The third-order valence-electron chi connectivity index (χ3n) is 7.65. The number of carbonyl (C=O) groups excluding carboxylic acids is 2. The minimum atomic E-state index is -1.03. The van der Waals surface area contributed by atoms with Crippen molar-refractivity contribution in [2.24, 2.45) is 17.8 Å². The standard InChI is InChI=1S/C35H43IN2O5/c1-23(2)16-26(17-24(3)4)8-9-30-20-35(22-42-36,43-34(30)40)21-41-33(39)29-11-10-28-19-32(15-12-27(28)18-29)38-37-31-13-6-25(5)7-14-31/h6-7,9-15,18-19,23-24,26,37-38H,8,16-17,20-22H2,1-5H3/b30-9+/t35-/m0/s1. The van der Waals surface area contributed by atoms with Crippen molar-refractivity contribution >= 4 is 57.1 Å². The largest absolute Gasteiger partial charge is 0.458 e. The smallest absolute Gasteiger partial charge is 0.338 e. The molecule has 0 radical (unpaired) electrons. The Bertz CT molecular complexity index is 1430. The number of hydrogen-bond donors (Lipinski definition) is 2. The van der Waals surface area contributed by atoms with E-state index < -0.39 is 11.6 Å². The van der Waals surface area contributed by atoms with Gasteiger partial charge in [-0.15, -0.1) is 0 Å². The number of ether oxygens (including phenoxy) is 2. The fourth-order valence-corrected chi connectivity index (χ4v) is 6.19. The summed E-state index contributed by atoms with van der Waals surface area (Å²) < 4.78 is 16.9. The number of hydrogen-bond acceptors (Lipinski definition) is 7. The maximum absolute atomic E-state index is 13.1. The van der Waals surface area contributed by atoms with Gasteiger partial charge in [0, 0.05) is 12.0 Å². The van der Waals surface area contributed by atoms with E-state index >= 15 is 0 Å². The number of allylic oxidation sites excluding steroid dienone is 1. The second kappa shape index (κ2) is 15.1. The summed E-state index contributed by atoms with van der Waals surface area (Å²) in [6.45, 7) is 11.0. The van der Waals surface area contributed by atoms with Crippen LogP contribution in [0.4, 0.5) is 11.4 Å². The first kappa shape index (κ1) is 32.8. The lowest BCUT2D eigenvalue weighted by Crippen LogP contribution is -2.39. The lowest BCUT2D eigenvalue weighted by molar-refractivity contribution is -0.152. The van der Waals surface area contributed by atoms with Crippen LogP contribution in [0.3, 0.4) is 0 Å². The first-order valence-corrected chi connectivity index (χ1v) is 15.9. The number of benzene rings is 3. The molecule has 1 saturated heterocycles. The molecule has 0 saturated carbocycles. The van der Waals surface area contributed by atoms with E-state index in [0.29, 0.717) is 35.3 Å². The molecule has 3 aromatic carbocycles. The molecule has 2 N–H and O–H groups in total. The molecule has 230 valence electrons. The zero-order chi connectivity index (χ0) is 31.0. The van der Waals surface area contributed by atoms with Crippen LogP contribution in [0.2, 0.25) is 0 Å². The molecule has 8 heteroatoms. The number of rotatable bonds is 14. The number of fused-ring (bicyclic) bond motifs is 1. The normalized spacial score (nSPS) is 17.7. The van der Waals surface area contributed by atoms with E-state index in [2.05, 4.69) is 45.5 Å². The molecule has 0 spiro atoms. The fourth-order valence-electron chi connectivity index (χ4n) is 5.62. The van der Waals surface area contributed by atoms with Crippen LogP contribution in [0.5, 0.6) is 0 Å². The van der Waals surface area contributed by atoms with Crippen molar-refractivity contribution < 1.29 is 22.1 Å². The third-order valence-corrected chi connectivity index (χ3v) is 7.97. The molecule has 1 atom stereocenters. The van der Waals surface area contributed by atoms with Crippen LogP contribution >= 0.6 is 23.0 Å². The molecule has 1 aliphatic rings. The van der Waals surface area contributed by atoms with Crippen molar-refractivity contribution in [3.05, 3.63) is 83.4 Å². The molecular weight excluding hydrogens is 655 g/mol.